The number of hydrogen-bond donors (Lipinski definition) is 1. The molecule has 38 heavy (non-hydrogen) atoms. The number of ether oxygens (including phenoxy) is 1. The number of carbonyl (C=O) groups is 2. The lowest BCUT2D eigenvalue weighted by Crippen LogP contribution is -2.50. The molecule has 0 saturated heterocycles. The summed E-state index contributed by atoms with van der Waals surface area (Å²) >= 11 is 1.28. The largest absolute Gasteiger partial charge is 0.497 e. The minimum atomic E-state index is -0.682. The summed E-state index contributed by atoms with van der Waals surface area (Å²) in [6.45, 7) is 8.00. The number of nitrogens with one attached hydrogen (secondary N) is 1. The molecule has 0 unspecified atom stereocenters. The van der Waals surface area contributed by atoms with Crippen molar-refractivity contribution in [2.24, 2.45) is 5.92 Å². The Morgan fingerprint density at radius 3 is 2.11 bits per heavy atom. The van der Waals surface area contributed by atoms with Gasteiger partial charge in [0.05, 0.1) is 12.9 Å². The Morgan fingerprint density at radius 1 is 0.974 bits per heavy atom. The molecule has 0 spiro atoms. The van der Waals surface area contributed by atoms with Crippen LogP contribution >= 0.6 is 11.8 Å². The van der Waals surface area contributed by atoms with Crippen LogP contribution in [0.25, 0.3) is 0 Å². The van der Waals surface area contributed by atoms with Crippen molar-refractivity contribution in [3.8, 4) is 5.75 Å². The molecular formula is C29H37N5O3S. The highest BCUT2D eigenvalue weighted by Gasteiger charge is 2.33. The first-order chi connectivity index (χ1) is 18.1. The molecule has 0 radical (unpaired) electrons. The van der Waals surface area contributed by atoms with E-state index in [2.05, 4.69) is 15.3 Å². The minimum Gasteiger partial charge on any atom is -0.497 e. The van der Waals surface area contributed by atoms with Crippen molar-refractivity contribution >= 4 is 35.0 Å². The van der Waals surface area contributed by atoms with E-state index in [9.17, 15) is 9.59 Å². The molecule has 9 heteroatoms. The van der Waals surface area contributed by atoms with E-state index in [0.717, 1.165) is 28.4 Å². The average molecular weight is 536 g/mol. The second kappa shape index (κ2) is 13.3. The number of aromatic nitrogens is 2. The monoisotopic (exact) mass is 535 g/mol. The number of thioether (sulfide) groups is 1. The molecule has 8 nitrogen and oxygen atoms in total. The number of aryl methyl sites for hydroxylation is 2. The summed E-state index contributed by atoms with van der Waals surface area (Å²) in [5.74, 6) is 0.333. The van der Waals surface area contributed by atoms with Crippen molar-refractivity contribution in [3.05, 3.63) is 71.5 Å². The normalized spacial score (nSPS) is 11.7. The van der Waals surface area contributed by atoms with Crippen molar-refractivity contribution in [1.29, 1.82) is 0 Å². The minimum absolute atomic E-state index is 0.118. The van der Waals surface area contributed by atoms with E-state index in [1.807, 2.05) is 101 Å². The van der Waals surface area contributed by atoms with Gasteiger partial charge >= 0.3 is 0 Å². The van der Waals surface area contributed by atoms with Gasteiger partial charge in [0.25, 0.3) is 0 Å². The van der Waals surface area contributed by atoms with Gasteiger partial charge < -0.3 is 19.9 Å². The molecule has 1 heterocycles. The van der Waals surface area contributed by atoms with E-state index < -0.39 is 6.04 Å². The van der Waals surface area contributed by atoms with Crippen LogP contribution in [0.5, 0.6) is 5.75 Å². The molecule has 3 rings (SSSR count). The van der Waals surface area contributed by atoms with E-state index in [-0.39, 0.29) is 30.0 Å². The maximum absolute atomic E-state index is 13.7. The predicted octanol–water partition coefficient (Wildman–Crippen LogP) is 4.95. The van der Waals surface area contributed by atoms with Crippen molar-refractivity contribution < 1.29 is 14.3 Å². The van der Waals surface area contributed by atoms with Crippen LogP contribution in [-0.4, -0.2) is 59.7 Å². The summed E-state index contributed by atoms with van der Waals surface area (Å²) in [6, 6.07) is 16.4. The van der Waals surface area contributed by atoms with E-state index >= 15 is 0 Å². The summed E-state index contributed by atoms with van der Waals surface area (Å²) in [6.07, 6.45) is 0. The van der Waals surface area contributed by atoms with Crippen molar-refractivity contribution in [3.63, 3.8) is 0 Å². The van der Waals surface area contributed by atoms with E-state index in [4.69, 9.17) is 4.74 Å². The Balaban J connectivity index is 1.86. The Labute approximate surface area is 229 Å². The summed E-state index contributed by atoms with van der Waals surface area (Å²) in [5.41, 5.74) is 4.32. The third-order valence-corrected chi connectivity index (χ3v) is 6.84. The highest BCUT2D eigenvalue weighted by Crippen LogP contribution is 2.23. The van der Waals surface area contributed by atoms with Crippen LogP contribution in [0.2, 0.25) is 0 Å². The number of amides is 2. The van der Waals surface area contributed by atoms with Crippen LogP contribution < -0.4 is 15.0 Å². The maximum atomic E-state index is 13.7. The lowest BCUT2D eigenvalue weighted by atomic mass is 10.00. The molecule has 0 aliphatic heterocycles. The second-order valence-electron chi connectivity index (χ2n) is 9.71. The molecule has 0 fully saturated rings. The first kappa shape index (κ1) is 29.0. The molecule has 2 amide bonds. The Morgan fingerprint density at radius 2 is 1.58 bits per heavy atom. The van der Waals surface area contributed by atoms with Gasteiger partial charge in [-0.3, -0.25) is 9.59 Å². The average Bonchev–Trinajstić information content (AvgIpc) is 2.87. The number of rotatable bonds is 11. The van der Waals surface area contributed by atoms with E-state index in [1.54, 1.807) is 12.0 Å². The smallest absolute Gasteiger partial charge is 0.247 e. The van der Waals surface area contributed by atoms with Gasteiger partial charge in [-0.05, 0) is 67.8 Å². The molecule has 1 aromatic heterocycles. The van der Waals surface area contributed by atoms with Gasteiger partial charge in [-0.1, -0.05) is 37.7 Å². The lowest BCUT2D eigenvalue weighted by Gasteiger charge is -2.33. The number of anilines is 2. The molecule has 2 aromatic carbocycles. The fourth-order valence-corrected chi connectivity index (χ4v) is 4.94. The molecule has 0 aliphatic rings. The number of methoxy groups -OCH3 is 1. The summed E-state index contributed by atoms with van der Waals surface area (Å²) in [4.78, 5) is 39.8. The number of nitrogens with zero attached hydrogens (tertiary/aromatic N) is 4. The third-order valence-electron chi connectivity index (χ3n) is 6.01. The van der Waals surface area contributed by atoms with Gasteiger partial charge in [0, 0.05) is 43.4 Å². The summed E-state index contributed by atoms with van der Waals surface area (Å²) in [7, 11) is 5.54. The third kappa shape index (κ3) is 7.95. The molecule has 0 saturated carbocycles. The lowest BCUT2D eigenvalue weighted by molar-refractivity contribution is -0.138. The van der Waals surface area contributed by atoms with E-state index in [1.165, 1.54) is 11.8 Å². The van der Waals surface area contributed by atoms with Crippen molar-refractivity contribution in [2.45, 2.75) is 45.4 Å². The highest BCUT2D eigenvalue weighted by atomic mass is 32.2. The maximum Gasteiger partial charge on any atom is 0.247 e. The van der Waals surface area contributed by atoms with Crippen LogP contribution in [0.1, 0.15) is 30.8 Å². The first-order valence-corrected chi connectivity index (χ1v) is 13.5. The standard InChI is InChI=1S/C29H37N5O3S/c1-19(2)27(28(36)32-23-10-12-24(13-11-23)33(5)6)34(17-22-8-14-25(37-7)15-9-22)26(35)18-38-29-30-20(3)16-21(4)31-29/h8-16,19,27H,17-18H2,1-7H3,(H,32,36)/t27-/m1/s1. The fraction of sp³-hybridized carbons (Fsp3) is 0.379. The van der Waals surface area contributed by atoms with Gasteiger partial charge in [-0.2, -0.15) is 0 Å². The molecule has 0 aliphatic carbocycles. The zero-order valence-electron chi connectivity index (χ0n) is 23.2. The van der Waals surface area contributed by atoms with Crippen LogP contribution in [0.3, 0.4) is 0 Å². The fourth-order valence-electron chi connectivity index (χ4n) is 4.10. The zero-order valence-corrected chi connectivity index (χ0v) is 24.0. The Bertz CT molecular complexity index is 1210. The highest BCUT2D eigenvalue weighted by molar-refractivity contribution is 7.99. The number of carbonyl (C=O) groups excluding carboxylic acids is 2. The first-order valence-electron chi connectivity index (χ1n) is 12.5. The van der Waals surface area contributed by atoms with Crippen LogP contribution in [0.15, 0.2) is 59.8 Å². The van der Waals surface area contributed by atoms with Gasteiger partial charge in [-0.25, -0.2) is 9.97 Å². The zero-order chi connectivity index (χ0) is 27.8. The quantitative estimate of drug-likeness (QED) is 0.274. The predicted molar refractivity (Wildman–Crippen MR) is 154 cm³/mol. The molecular weight excluding hydrogens is 498 g/mol. The van der Waals surface area contributed by atoms with Crippen LogP contribution in [0, 0.1) is 19.8 Å². The SMILES string of the molecule is COc1ccc(CN(C(=O)CSc2nc(C)cc(C)n2)[C@@H](C(=O)Nc2ccc(N(C)C)cc2)C(C)C)cc1. The van der Waals surface area contributed by atoms with Crippen molar-refractivity contribution in [2.75, 3.05) is 37.2 Å². The Kier molecular flexibility index (Phi) is 10.1. The second-order valence-corrected chi connectivity index (χ2v) is 10.7. The van der Waals surface area contributed by atoms with Crippen LogP contribution in [-0.2, 0) is 16.1 Å². The van der Waals surface area contributed by atoms with Gasteiger partial charge in [0.2, 0.25) is 11.8 Å². The Hall–Kier alpha value is -3.59. The van der Waals surface area contributed by atoms with Crippen LogP contribution in [0.4, 0.5) is 11.4 Å². The molecule has 202 valence electrons. The number of hydrogen-bond acceptors (Lipinski definition) is 7. The van der Waals surface area contributed by atoms with E-state index in [0.29, 0.717) is 10.8 Å². The molecule has 3 aromatic rings. The summed E-state index contributed by atoms with van der Waals surface area (Å²) in [5, 5.41) is 3.56. The topological polar surface area (TPSA) is 87.7 Å². The molecule has 1 N–H and O–H groups in total. The number of benzene rings is 2. The molecule has 1 atom stereocenters. The molecule has 0 bridgehead atoms. The summed E-state index contributed by atoms with van der Waals surface area (Å²) < 4.78 is 5.28. The van der Waals surface area contributed by atoms with Gasteiger partial charge in [0.1, 0.15) is 11.8 Å². The van der Waals surface area contributed by atoms with Gasteiger partial charge in [-0.15, -0.1) is 0 Å². The van der Waals surface area contributed by atoms with Gasteiger partial charge in [0.15, 0.2) is 5.16 Å². The van der Waals surface area contributed by atoms with Crippen molar-refractivity contribution in [1.82, 2.24) is 14.9 Å².